The van der Waals surface area contributed by atoms with Gasteiger partial charge in [-0.3, -0.25) is 9.59 Å². The van der Waals surface area contributed by atoms with Crippen molar-refractivity contribution in [3.63, 3.8) is 0 Å². The van der Waals surface area contributed by atoms with Gasteiger partial charge in [0.15, 0.2) is 5.78 Å². The molecule has 0 spiro atoms. The number of nitrogens with two attached hydrogens (primary N) is 1. The van der Waals surface area contributed by atoms with Crippen molar-refractivity contribution >= 4 is 11.8 Å². The summed E-state index contributed by atoms with van der Waals surface area (Å²) < 4.78 is 4.78. The second-order valence-electron chi connectivity index (χ2n) is 5.51. The molecule has 0 radical (unpaired) electrons. The van der Waals surface area contributed by atoms with Gasteiger partial charge in [0.25, 0.3) is 0 Å². The predicted octanol–water partition coefficient (Wildman–Crippen LogP) is 0.483. The summed E-state index contributed by atoms with van der Waals surface area (Å²) >= 11 is 0. The molecule has 4 nitrogen and oxygen atoms in total. The molecule has 0 bridgehead atoms. The minimum Gasteiger partial charge on any atom is -1.00 e. The zero-order valence-corrected chi connectivity index (χ0v) is 16.2. The first-order valence-corrected chi connectivity index (χ1v) is 8.01. The fraction of sp³-hybridized carbons (Fsp3) is 0.875. The van der Waals surface area contributed by atoms with E-state index in [1.807, 2.05) is 0 Å². The molecule has 0 aliphatic rings. The van der Waals surface area contributed by atoms with Crippen LogP contribution in [0.4, 0.5) is 0 Å². The van der Waals surface area contributed by atoms with E-state index >= 15 is 0 Å². The van der Waals surface area contributed by atoms with E-state index in [2.05, 4.69) is 6.92 Å². The van der Waals surface area contributed by atoms with Crippen LogP contribution >= 0.6 is 0 Å². The largest absolute Gasteiger partial charge is 1.00 e. The van der Waals surface area contributed by atoms with Crippen LogP contribution in [-0.2, 0) is 14.3 Å². The van der Waals surface area contributed by atoms with Crippen molar-refractivity contribution in [1.29, 1.82) is 0 Å². The fourth-order valence-corrected chi connectivity index (χ4v) is 1.99. The number of ketones is 1. The SMILES string of the molecule is CCCCCCCCCCCC(=O)COC(=O)C(C)N.[H-].[Na+]. The number of hydrogen-bond donors (Lipinski definition) is 1. The van der Waals surface area contributed by atoms with Gasteiger partial charge in [-0.15, -0.1) is 0 Å². The van der Waals surface area contributed by atoms with Crippen molar-refractivity contribution in [2.45, 2.75) is 84.1 Å². The third kappa shape index (κ3) is 16.3. The molecule has 1 unspecified atom stereocenters. The third-order valence-corrected chi connectivity index (χ3v) is 3.31. The monoisotopic (exact) mass is 309 g/mol. The first kappa shape index (κ1) is 23.4. The van der Waals surface area contributed by atoms with Crippen LogP contribution in [0.1, 0.15) is 79.5 Å². The average Bonchev–Trinajstić information content (AvgIpc) is 2.42. The topological polar surface area (TPSA) is 69.4 Å². The van der Waals surface area contributed by atoms with Crippen molar-refractivity contribution in [3.05, 3.63) is 0 Å². The minimum atomic E-state index is -0.657. The Bertz CT molecular complexity index is 276. The predicted molar refractivity (Wildman–Crippen MR) is 82.6 cm³/mol. The molecule has 0 fully saturated rings. The summed E-state index contributed by atoms with van der Waals surface area (Å²) in [6, 6.07) is -0.657. The van der Waals surface area contributed by atoms with Crippen molar-refractivity contribution in [3.8, 4) is 0 Å². The minimum absolute atomic E-state index is 0. The Labute approximate surface area is 153 Å². The molecule has 1 atom stereocenters. The van der Waals surface area contributed by atoms with E-state index in [1.165, 1.54) is 44.9 Å². The number of rotatable bonds is 13. The summed E-state index contributed by atoms with van der Waals surface area (Å²) in [4.78, 5) is 22.5. The molecule has 0 aromatic heterocycles. The van der Waals surface area contributed by atoms with Crippen LogP contribution < -0.4 is 35.3 Å². The molecule has 0 heterocycles. The summed E-state index contributed by atoms with van der Waals surface area (Å²) in [6.45, 7) is 3.65. The number of unbranched alkanes of at least 4 members (excludes halogenated alkanes) is 8. The number of hydrogen-bond acceptors (Lipinski definition) is 4. The molecule has 0 amide bonds. The summed E-state index contributed by atoms with van der Waals surface area (Å²) in [5, 5.41) is 0. The summed E-state index contributed by atoms with van der Waals surface area (Å²) in [6.07, 6.45) is 11.5. The molecule has 5 heteroatoms. The number of carbonyl (C=O) groups excluding carboxylic acids is 2. The summed E-state index contributed by atoms with van der Waals surface area (Å²) in [5.74, 6) is -0.521. The standard InChI is InChI=1S/C16H31NO3.Na.H/c1-3-4-5-6-7-8-9-10-11-12-15(18)13-20-16(19)14(2)17;;/h14H,3-13,17H2,1-2H3;;/q;+1;-1. The van der Waals surface area contributed by atoms with Crippen molar-refractivity contribution in [2.75, 3.05) is 6.61 Å². The van der Waals surface area contributed by atoms with E-state index in [0.29, 0.717) is 6.42 Å². The number of Topliss-reactive ketones (excluding diaryl/α,β-unsaturated/α-hetero) is 1. The Morgan fingerprint density at radius 3 is 1.95 bits per heavy atom. The zero-order valence-electron chi connectivity index (χ0n) is 15.2. The first-order valence-electron chi connectivity index (χ1n) is 8.01. The van der Waals surface area contributed by atoms with Crippen LogP contribution in [-0.4, -0.2) is 24.4 Å². The molecule has 0 aromatic rings. The van der Waals surface area contributed by atoms with E-state index in [-0.39, 0.29) is 43.4 Å². The van der Waals surface area contributed by atoms with Crippen LogP contribution in [0.25, 0.3) is 0 Å². The Hall–Kier alpha value is 0.1000. The van der Waals surface area contributed by atoms with Crippen LogP contribution in [0.5, 0.6) is 0 Å². The van der Waals surface area contributed by atoms with Crippen molar-refractivity contribution < 1.29 is 45.3 Å². The van der Waals surface area contributed by atoms with Gasteiger partial charge in [-0.2, -0.15) is 0 Å². The van der Waals surface area contributed by atoms with Gasteiger partial charge in [0, 0.05) is 6.42 Å². The maximum Gasteiger partial charge on any atom is 1.00 e. The van der Waals surface area contributed by atoms with Gasteiger partial charge in [0.1, 0.15) is 12.6 Å². The third-order valence-electron chi connectivity index (χ3n) is 3.31. The average molecular weight is 309 g/mol. The van der Waals surface area contributed by atoms with E-state index < -0.39 is 12.0 Å². The molecule has 0 saturated heterocycles. The Morgan fingerprint density at radius 2 is 1.48 bits per heavy atom. The van der Waals surface area contributed by atoms with Gasteiger partial charge in [-0.1, -0.05) is 58.3 Å². The van der Waals surface area contributed by atoms with E-state index in [4.69, 9.17) is 10.5 Å². The quantitative estimate of drug-likeness (QED) is 0.305. The van der Waals surface area contributed by atoms with Gasteiger partial charge >= 0.3 is 35.5 Å². The molecule has 2 N–H and O–H groups in total. The van der Waals surface area contributed by atoms with E-state index in [0.717, 1.165) is 12.8 Å². The van der Waals surface area contributed by atoms with Gasteiger partial charge in [0.2, 0.25) is 0 Å². The fourth-order valence-electron chi connectivity index (χ4n) is 1.99. The van der Waals surface area contributed by atoms with E-state index in [9.17, 15) is 9.59 Å². The van der Waals surface area contributed by atoms with Crippen LogP contribution in [0.15, 0.2) is 0 Å². The van der Waals surface area contributed by atoms with Crippen LogP contribution in [0.2, 0.25) is 0 Å². The second-order valence-corrected chi connectivity index (χ2v) is 5.51. The van der Waals surface area contributed by atoms with Crippen LogP contribution in [0, 0.1) is 0 Å². The first-order chi connectivity index (χ1) is 9.57. The second kappa shape index (κ2) is 16.5. The van der Waals surface area contributed by atoms with Crippen LogP contribution in [0.3, 0.4) is 0 Å². The zero-order chi connectivity index (χ0) is 15.2. The number of esters is 1. The molecule has 120 valence electrons. The Morgan fingerprint density at radius 1 is 1.00 bits per heavy atom. The maximum atomic E-state index is 11.5. The van der Waals surface area contributed by atoms with Gasteiger partial charge in [-0.25, -0.2) is 0 Å². The molecule has 0 rings (SSSR count). The number of carbonyl (C=O) groups is 2. The maximum absolute atomic E-state index is 11.5. The number of ether oxygens (including phenoxy) is 1. The smallest absolute Gasteiger partial charge is 1.00 e. The molecular formula is C16H32NNaO3. The molecule has 0 aliphatic carbocycles. The van der Waals surface area contributed by atoms with Crippen molar-refractivity contribution in [2.24, 2.45) is 5.73 Å². The normalized spacial score (nSPS) is 11.6. The molecular weight excluding hydrogens is 277 g/mol. The molecule has 0 saturated carbocycles. The molecule has 0 aliphatic heterocycles. The molecule has 21 heavy (non-hydrogen) atoms. The van der Waals surface area contributed by atoms with Gasteiger partial charge in [-0.05, 0) is 13.3 Å². The van der Waals surface area contributed by atoms with E-state index in [1.54, 1.807) is 6.92 Å². The van der Waals surface area contributed by atoms with Gasteiger partial charge in [0.05, 0.1) is 0 Å². The Balaban J connectivity index is -0.00000180. The summed E-state index contributed by atoms with van der Waals surface area (Å²) in [7, 11) is 0. The van der Waals surface area contributed by atoms with Gasteiger partial charge < -0.3 is 11.9 Å². The Kier molecular flexibility index (Phi) is 18.3. The molecule has 0 aromatic carbocycles. The summed E-state index contributed by atoms with van der Waals surface area (Å²) in [5.41, 5.74) is 5.33. The van der Waals surface area contributed by atoms with Crippen molar-refractivity contribution in [1.82, 2.24) is 0 Å².